The second-order valence-electron chi connectivity index (χ2n) is 7.94. The van der Waals surface area contributed by atoms with Crippen molar-refractivity contribution in [3.05, 3.63) is 59.7 Å². The second kappa shape index (κ2) is 8.75. The molecule has 0 aromatic heterocycles. The Balaban J connectivity index is 1.41. The van der Waals surface area contributed by atoms with E-state index in [0.717, 1.165) is 38.9 Å². The molecule has 1 aliphatic carbocycles. The maximum Gasteiger partial charge on any atom is 0.251 e. The summed E-state index contributed by atoms with van der Waals surface area (Å²) in [5.74, 6) is -0.0401. The van der Waals surface area contributed by atoms with Gasteiger partial charge < -0.3 is 10.1 Å². The number of nitrogens with one attached hydrogen (secondary N) is 2. The number of sulfonamides is 1. The summed E-state index contributed by atoms with van der Waals surface area (Å²) >= 11 is 0. The Hall–Kier alpha value is -2.42. The van der Waals surface area contributed by atoms with Crippen LogP contribution in [0.4, 0.5) is 0 Å². The first-order valence-electron chi connectivity index (χ1n) is 10.2. The van der Waals surface area contributed by atoms with Crippen LogP contribution in [0, 0.1) is 0 Å². The molecule has 2 N–H and O–H groups in total. The molecule has 8 heteroatoms. The molecule has 2 fully saturated rings. The molecule has 1 amide bonds. The Kier molecular flexibility index (Phi) is 6.08. The van der Waals surface area contributed by atoms with Crippen molar-refractivity contribution in [2.75, 3.05) is 20.2 Å². The molecule has 2 aromatic rings. The first kappa shape index (κ1) is 20.8. The van der Waals surface area contributed by atoms with Crippen LogP contribution in [0.15, 0.2) is 53.4 Å². The van der Waals surface area contributed by atoms with Crippen molar-refractivity contribution in [2.24, 2.45) is 0 Å². The first-order chi connectivity index (χ1) is 14.4. The molecule has 4 rings (SSSR count). The van der Waals surface area contributed by atoms with Gasteiger partial charge in [0.2, 0.25) is 10.0 Å². The minimum atomic E-state index is -3.73. The predicted octanol–water partition coefficient (Wildman–Crippen LogP) is 2.14. The third-order valence-corrected chi connectivity index (χ3v) is 7.01. The number of methoxy groups -OCH3 is 1. The van der Waals surface area contributed by atoms with Crippen molar-refractivity contribution in [3.8, 4) is 5.75 Å². The number of nitrogens with zero attached hydrogens (tertiary/aromatic N) is 1. The van der Waals surface area contributed by atoms with Crippen LogP contribution in [0.2, 0.25) is 0 Å². The molecule has 0 bridgehead atoms. The zero-order valence-corrected chi connectivity index (χ0v) is 17.8. The molecule has 160 valence electrons. The summed E-state index contributed by atoms with van der Waals surface area (Å²) in [6, 6.07) is 14.8. The number of carbonyl (C=O) groups is 1. The molecule has 1 heterocycles. The number of hydrogen-bond donors (Lipinski definition) is 2. The highest BCUT2D eigenvalue weighted by Crippen LogP contribution is 2.28. The van der Waals surface area contributed by atoms with Gasteiger partial charge in [0.15, 0.2) is 0 Å². The molecule has 2 aromatic carbocycles. The van der Waals surface area contributed by atoms with Gasteiger partial charge in [-0.15, -0.1) is 0 Å². The van der Waals surface area contributed by atoms with Gasteiger partial charge in [-0.3, -0.25) is 9.69 Å². The third kappa shape index (κ3) is 5.00. The fraction of sp³-hybridized carbons (Fsp3) is 0.409. The fourth-order valence-electron chi connectivity index (χ4n) is 3.72. The van der Waals surface area contributed by atoms with Crippen LogP contribution in [0.5, 0.6) is 5.75 Å². The van der Waals surface area contributed by atoms with Gasteiger partial charge in [-0.2, -0.15) is 0 Å². The van der Waals surface area contributed by atoms with E-state index in [-0.39, 0.29) is 28.6 Å². The van der Waals surface area contributed by atoms with Crippen LogP contribution in [-0.2, 0) is 16.6 Å². The lowest BCUT2D eigenvalue weighted by Crippen LogP contribution is -2.37. The summed E-state index contributed by atoms with van der Waals surface area (Å²) in [4.78, 5) is 15.1. The second-order valence-corrected chi connectivity index (χ2v) is 9.62. The van der Waals surface area contributed by atoms with Gasteiger partial charge in [0, 0.05) is 37.3 Å². The molecule has 0 spiro atoms. The van der Waals surface area contributed by atoms with Gasteiger partial charge >= 0.3 is 0 Å². The lowest BCUT2D eigenvalue weighted by atomic mass is 10.1. The highest BCUT2D eigenvalue weighted by atomic mass is 32.2. The van der Waals surface area contributed by atoms with Crippen LogP contribution in [-0.4, -0.2) is 51.5 Å². The van der Waals surface area contributed by atoms with Gasteiger partial charge in [-0.05, 0) is 43.0 Å². The first-order valence-corrected chi connectivity index (χ1v) is 11.7. The Labute approximate surface area is 177 Å². The summed E-state index contributed by atoms with van der Waals surface area (Å²) in [7, 11) is -2.31. The summed E-state index contributed by atoms with van der Waals surface area (Å²) in [5.41, 5.74) is 1.56. The standard InChI is InChI=1S/C22H27N3O4S/c1-29-20-10-7-17(13-21(20)30(27,28)24-18-8-9-18)22(26)23-19-11-12-25(15-19)14-16-5-3-2-4-6-16/h2-7,10,13,18-19,24H,8-9,11-12,14-15H2,1H3,(H,23,26)/t19-/m0/s1. The molecule has 2 aliphatic rings. The normalized spacial score (nSPS) is 19.6. The lowest BCUT2D eigenvalue weighted by molar-refractivity contribution is 0.0937. The maximum atomic E-state index is 12.8. The Morgan fingerprint density at radius 1 is 1.10 bits per heavy atom. The van der Waals surface area contributed by atoms with Gasteiger partial charge in [0.1, 0.15) is 10.6 Å². The van der Waals surface area contributed by atoms with Crippen LogP contribution < -0.4 is 14.8 Å². The third-order valence-electron chi connectivity index (χ3n) is 5.47. The number of likely N-dealkylation sites (tertiary alicyclic amines) is 1. The van der Waals surface area contributed by atoms with Crippen LogP contribution >= 0.6 is 0 Å². The molecule has 1 aliphatic heterocycles. The SMILES string of the molecule is COc1ccc(C(=O)N[C@H]2CCN(Cc3ccccc3)C2)cc1S(=O)(=O)NC1CC1. The average Bonchev–Trinajstić information content (AvgIpc) is 3.44. The molecule has 0 radical (unpaired) electrons. The number of hydrogen-bond acceptors (Lipinski definition) is 5. The largest absolute Gasteiger partial charge is 0.495 e. The number of benzene rings is 2. The highest BCUT2D eigenvalue weighted by Gasteiger charge is 2.31. The van der Waals surface area contributed by atoms with Crippen molar-refractivity contribution < 1.29 is 17.9 Å². The summed E-state index contributed by atoms with van der Waals surface area (Å²) < 4.78 is 33.2. The fourth-order valence-corrected chi connectivity index (χ4v) is 5.22. The van der Waals surface area contributed by atoms with Gasteiger partial charge in [0.05, 0.1) is 7.11 Å². The van der Waals surface area contributed by atoms with Crippen molar-refractivity contribution in [1.82, 2.24) is 14.9 Å². The van der Waals surface area contributed by atoms with E-state index in [1.807, 2.05) is 18.2 Å². The monoisotopic (exact) mass is 429 g/mol. The van der Waals surface area contributed by atoms with Gasteiger partial charge in [-0.25, -0.2) is 13.1 Å². The molecule has 1 saturated carbocycles. The Morgan fingerprint density at radius 3 is 2.57 bits per heavy atom. The highest BCUT2D eigenvalue weighted by molar-refractivity contribution is 7.89. The van der Waals surface area contributed by atoms with Crippen molar-refractivity contribution in [2.45, 2.75) is 42.8 Å². The van der Waals surface area contributed by atoms with Crippen LogP contribution in [0.3, 0.4) is 0 Å². The minimum absolute atomic E-state index is 0.00155. The van der Waals surface area contributed by atoms with Crippen LogP contribution in [0.1, 0.15) is 35.2 Å². The molecular weight excluding hydrogens is 402 g/mol. The summed E-state index contributed by atoms with van der Waals surface area (Å²) in [6.45, 7) is 2.53. The Bertz CT molecular complexity index is 1010. The maximum absolute atomic E-state index is 12.8. The van der Waals surface area contributed by atoms with E-state index in [1.165, 1.54) is 24.8 Å². The van der Waals surface area contributed by atoms with Crippen molar-refractivity contribution >= 4 is 15.9 Å². The molecular formula is C22H27N3O4S. The summed E-state index contributed by atoms with van der Waals surface area (Å²) in [6.07, 6.45) is 2.54. The van der Waals surface area contributed by atoms with E-state index in [9.17, 15) is 13.2 Å². The number of ether oxygens (including phenoxy) is 1. The van der Waals surface area contributed by atoms with Gasteiger partial charge in [0.25, 0.3) is 5.91 Å². The lowest BCUT2D eigenvalue weighted by Gasteiger charge is -2.17. The quantitative estimate of drug-likeness (QED) is 0.671. The van der Waals surface area contributed by atoms with Crippen LogP contribution in [0.25, 0.3) is 0 Å². The minimum Gasteiger partial charge on any atom is -0.495 e. The zero-order valence-electron chi connectivity index (χ0n) is 17.0. The van der Waals surface area contributed by atoms with E-state index in [2.05, 4.69) is 27.1 Å². The molecule has 1 saturated heterocycles. The smallest absolute Gasteiger partial charge is 0.251 e. The predicted molar refractivity (Wildman–Crippen MR) is 114 cm³/mol. The number of amides is 1. The molecule has 0 unspecified atom stereocenters. The van der Waals surface area contributed by atoms with E-state index in [0.29, 0.717) is 5.56 Å². The van der Waals surface area contributed by atoms with Gasteiger partial charge in [-0.1, -0.05) is 30.3 Å². The van der Waals surface area contributed by atoms with E-state index in [4.69, 9.17) is 4.74 Å². The Morgan fingerprint density at radius 2 is 1.87 bits per heavy atom. The van der Waals surface area contributed by atoms with Crippen molar-refractivity contribution in [3.63, 3.8) is 0 Å². The topological polar surface area (TPSA) is 87.7 Å². The number of rotatable bonds is 8. The molecule has 7 nitrogen and oxygen atoms in total. The van der Waals surface area contributed by atoms with E-state index < -0.39 is 10.0 Å². The molecule has 1 atom stereocenters. The van der Waals surface area contributed by atoms with Crippen molar-refractivity contribution in [1.29, 1.82) is 0 Å². The summed E-state index contributed by atoms with van der Waals surface area (Å²) in [5, 5.41) is 3.04. The average molecular weight is 430 g/mol. The zero-order chi connectivity index (χ0) is 21.1. The van der Waals surface area contributed by atoms with E-state index >= 15 is 0 Å². The molecule has 30 heavy (non-hydrogen) atoms. The van der Waals surface area contributed by atoms with E-state index in [1.54, 1.807) is 6.07 Å². The number of carbonyl (C=O) groups excluding carboxylic acids is 1.